The van der Waals surface area contributed by atoms with Crippen molar-refractivity contribution in [2.75, 3.05) is 0 Å². The van der Waals surface area contributed by atoms with Crippen LogP contribution in [-0.4, -0.2) is 9.36 Å². The average molecular weight is 164 g/mol. The van der Waals surface area contributed by atoms with Crippen LogP contribution in [0.1, 0.15) is 11.8 Å². The van der Waals surface area contributed by atoms with Crippen LogP contribution in [-0.2, 0) is 6.42 Å². The SMILES string of the molecule is CCc1snc2cnccc12. The molecule has 0 N–H and O–H groups in total. The van der Waals surface area contributed by atoms with Crippen molar-refractivity contribution < 1.29 is 0 Å². The second kappa shape index (κ2) is 2.58. The summed E-state index contributed by atoms with van der Waals surface area (Å²) in [5, 5.41) is 1.26. The molecule has 0 amide bonds. The number of hydrogen-bond donors (Lipinski definition) is 0. The zero-order valence-electron chi connectivity index (χ0n) is 6.24. The Morgan fingerprint density at radius 3 is 3.27 bits per heavy atom. The molecule has 2 aromatic heterocycles. The van der Waals surface area contributed by atoms with Gasteiger partial charge < -0.3 is 0 Å². The molecule has 0 aromatic carbocycles. The summed E-state index contributed by atoms with van der Waals surface area (Å²) >= 11 is 1.57. The van der Waals surface area contributed by atoms with Crippen molar-refractivity contribution in [3.05, 3.63) is 23.3 Å². The fourth-order valence-corrected chi connectivity index (χ4v) is 1.86. The fourth-order valence-electron chi connectivity index (χ4n) is 1.10. The highest BCUT2D eigenvalue weighted by atomic mass is 32.1. The van der Waals surface area contributed by atoms with Crippen LogP contribution < -0.4 is 0 Å². The van der Waals surface area contributed by atoms with Crippen molar-refractivity contribution in [2.45, 2.75) is 13.3 Å². The molecule has 0 bridgehead atoms. The summed E-state index contributed by atoms with van der Waals surface area (Å²) in [5.74, 6) is 0. The second-order valence-corrected chi connectivity index (χ2v) is 3.21. The smallest absolute Gasteiger partial charge is 0.103 e. The normalized spacial score (nSPS) is 10.6. The van der Waals surface area contributed by atoms with Gasteiger partial charge in [0.15, 0.2) is 0 Å². The molecule has 0 fully saturated rings. The van der Waals surface area contributed by atoms with E-state index >= 15 is 0 Å². The monoisotopic (exact) mass is 164 g/mol. The van der Waals surface area contributed by atoms with E-state index < -0.39 is 0 Å². The maximum atomic E-state index is 4.27. The molecule has 0 unspecified atom stereocenters. The maximum Gasteiger partial charge on any atom is 0.103 e. The van der Waals surface area contributed by atoms with Crippen molar-refractivity contribution in [1.82, 2.24) is 9.36 Å². The van der Waals surface area contributed by atoms with E-state index in [9.17, 15) is 0 Å². The number of fused-ring (bicyclic) bond motifs is 1. The van der Waals surface area contributed by atoms with Gasteiger partial charge in [-0.25, -0.2) is 0 Å². The van der Waals surface area contributed by atoms with Crippen LogP contribution in [0.4, 0.5) is 0 Å². The number of hydrogen-bond acceptors (Lipinski definition) is 3. The Bertz CT molecular complexity index is 367. The van der Waals surface area contributed by atoms with Crippen LogP contribution in [0.25, 0.3) is 10.9 Å². The van der Waals surface area contributed by atoms with Crippen molar-refractivity contribution in [1.29, 1.82) is 0 Å². The predicted octanol–water partition coefficient (Wildman–Crippen LogP) is 2.25. The van der Waals surface area contributed by atoms with Crippen LogP contribution in [0, 0.1) is 0 Å². The average Bonchev–Trinajstić information content (AvgIpc) is 2.47. The second-order valence-electron chi connectivity index (χ2n) is 2.35. The lowest BCUT2D eigenvalue weighted by Gasteiger charge is -1.88. The first-order valence-electron chi connectivity index (χ1n) is 3.60. The molecule has 0 saturated heterocycles. The molecule has 3 heteroatoms. The molecule has 0 saturated carbocycles. The summed E-state index contributed by atoms with van der Waals surface area (Å²) in [6, 6.07) is 2.03. The third kappa shape index (κ3) is 1.01. The molecule has 2 nitrogen and oxygen atoms in total. The number of rotatable bonds is 1. The Morgan fingerprint density at radius 2 is 2.45 bits per heavy atom. The topological polar surface area (TPSA) is 25.8 Å². The van der Waals surface area contributed by atoms with Gasteiger partial charge in [-0.1, -0.05) is 6.92 Å². The molecular formula is C8H8N2S. The predicted molar refractivity (Wildman–Crippen MR) is 46.8 cm³/mol. The summed E-state index contributed by atoms with van der Waals surface area (Å²) in [6.07, 6.45) is 4.69. The van der Waals surface area contributed by atoms with Crippen LogP contribution in [0.15, 0.2) is 18.5 Å². The first kappa shape index (κ1) is 6.73. The lowest BCUT2D eigenvalue weighted by Crippen LogP contribution is -1.74. The molecule has 0 aliphatic heterocycles. The molecule has 0 aliphatic rings. The highest BCUT2D eigenvalue weighted by molar-refractivity contribution is 7.07. The largest absolute Gasteiger partial charge is 0.262 e. The molecule has 0 aliphatic carbocycles. The third-order valence-electron chi connectivity index (χ3n) is 1.68. The number of aryl methyl sites for hydroxylation is 1. The Balaban J connectivity index is 2.76. The summed E-state index contributed by atoms with van der Waals surface area (Å²) in [4.78, 5) is 5.35. The Hall–Kier alpha value is -0.960. The van der Waals surface area contributed by atoms with Crippen molar-refractivity contribution in [3.63, 3.8) is 0 Å². The van der Waals surface area contributed by atoms with Gasteiger partial charge in [0.05, 0.1) is 6.20 Å². The Morgan fingerprint density at radius 1 is 1.55 bits per heavy atom. The highest BCUT2D eigenvalue weighted by Gasteiger charge is 2.01. The first-order chi connectivity index (χ1) is 5.42. The quantitative estimate of drug-likeness (QED) is 0.646. The first-order valence-corrected chi connectivity index (χ1v) is 4.37. The summed E-state index contributed by atoms with van der Waals surface area (Å²) in [6.45, 7) is 2.15. The lowest BCUT2D eigenvalue weighted by molar-refractivity contribution is 1.20. The zero-order valence-corrected chi connectivity index (χ0v) is 7.06. The van der Waals surface area contributed by atoms with Gasteiger partial charge >= 0.3 is 0 Å². The minimum Gasteiger partial charge on any atom is -0.262 e. The van der Waals surface area contributed by atoms with Crippen LogP contribution in [0.2, 0.25) is 0 Å². The highest BCUT2D eigenvalue weighted by Crippen LogP contribution is 2.20. The van der Waals surface area contributed by atoms with E-state index in [4.69, 9.17) is 0 Å². The molecular weight excluding hydrogens is 156 g/mol. The van der Waals surface area contributed by atoms with Gasteiger partial charge in [0, 0.05) is 16.5 Å². The summed E-state index contributed by atoms with van der Waals surface area (Å²) < 4.78 is 4.27. The maximum absolute atomic E-state index is 4.27. The van der Waals surface area contributed by atoms with Gasteiger partial charge in [-0.05, 0) is 24.0 Å². The van der Waals surface area contributed by atoms with Crippen molar-refractivity contribution in [2.24, 2.45) is 0 Å². The van der Waals surface area contributed by atoms with Gasteiger partial charge in [-0.3, -0.25) is 4.98 Å². The van der Waals surface area contributed by atoms with Crippen molar-refractivity contribution in [3.8, 4) is 0 Å². The van der Waals surface area contributed by atoms with Crippen molar-refractivity contribution >= 4 is 22.4 Å². The summed E-state index contributed by atoms with van der Waals surface area (Å²) in [7, 11) is 0. The van der Waals surface area contributed by atoms with E-state index in [-0.39, 0.29) is 0 Å². The lowest BCUT2D eigenvalue weighted by atomic mass is 10.2. The molecule has 2 rings (SSSR count). The fraction of sp³-hybridized carbons (Fsp3) is 0.250. The van der Waals surface area contributed by atoms with E-state index in [0.717, 1.165) is 11.9 Å². The van der Waals surface area contributed by atoms with E-state index in [1.807, 2.05) is 18.5 Å². The number of pyridine rings is 1. The molecule has 0 radical (unpaired) electrons. The van der Waals surface area contributed by atoms with E-state index in [0.29, 0.717) is 0 Å². The van der Waals surface area contributed by atoms with Gasteiger partial charge in [0.2, 0.25) is 0 Å². The zero-order chi connectivity index (χ0) is 7.68. The molecule has 11 heavy (non-hydrogen) atoms. The van der Waals surface area contributed by atoms with Crippen LogP contribution in [0.3, 0.4) is 0 Å². The van der Waals surface area contributed by atoms with Gasteiger partial charge in [-0.15, -0.1) is 0 Å². The molecule has 56 valence electrons. The molecule has 0 atom stereocenters. The van der Waals surface area contributed by atoms with Gasteiger partial charge in [-0.2, -0.15) is 4.37 Å². The standard InChI is InChI=1S/C8H8N2S/c1-2-8-6-3-4-9-5-7(6)10-11-8/h3-5H,2H2,1H3. The number of nitrogens with zero attached hydrogens (tertiary/aromatic N) is 2. The van der Waals surface area contributed by atoms with Crippen LogP contribution in [0.5, 0.6) is 0 Å². The van der Waals surface area contributed by atoms with Crippen LogP contribution >= 0.6 is 11.5 Å². The van der Waals surface area contributed by atoms with Gasteiger partial charge in [0.25, 0.3) is 0 Å². The minimum atomic E-state index is 1.02. The minimum absolute atomic E-state index is 1.02. The number of aromatic nitrogens is 2. The Kier molecular flexibility index (Phi) is 1.58. The Labute approximate surface area is 69.1 Å². The molecule has 2 heterocycles. The third-order valence-corrected chi connectivity index (χ3v) is 2.69. The van der Waals surface area contributed by atoms with E-state index in [1.54, 1.807) is 11.5 Å². The van der Waals surface area contributed by atoms with E-state index in [1.165, 1.54) is 10.3 Å². The molecule has 2 aromatic rings. The van der Waals surface area contributed by atoms with E-state index in [2.05, 4.69) is 16.3 Å². The summed E-state index contributed by atoms with van der Waals surface area (Å²) in [5.41, 5.74) is 1.02. The van der Waals surface area contributed by atoms with Gasteiger partial charge in [0.1, 0.15) is 5.52 Å². The molecule has 0 spiro atoms.